The lowest BCUT2D eigenvalue weighted by molar-refractivity contribution is -0.123. The molecule has 1 saturated carbocycles. The molecule has 0 radical (unpaired) electrons. The van der Waals surface area contributed by atoms with Crippen LogP contribution in [0.15, 0.2) is 12.5 Å². The van der Waals surface area contributed by atoms with E-state index in [1.807, 2.05) is 12.5 Å². The smallest absolute Gasteiger partial charge is 0.137 e. The Morgan fingerprint density at radius 2 is 2.20 bits per heavy atom. The van der Waals surface area contributed by atoms with Gasteiger partial charge in [0, 0.05) is 37.7 Å². The van der Waals surface area contributed by atoms with Crippen LogP contribution in [0.4, 0.5) is 0 Å². The zero-order valence-electron chi connectivity index (χ0n) is 12.4. The molecular weight excluding hydrogens is 250 g/mol. The summed E-state index contributed by atoms with van der Waals surface area (Å²) >= 11 is 0. The molecule has 2 aliphatic rings. The summed E-state index contributed by atoms with van der Waals surface area (Å²) in [6.45, 7) is 5.20. The molecule has 2 atom stereocenters. The van der Waals surface area contributed by atoms with E-state index in [1.165, 1.54) is 25.0 Å². The van der Waals surface area contributed by atoms with Crippen molar-refractivity contribution in [3.05, 3.63) is 18.2 Å². The van der Waals surface area contributed by atoms with Gasteiger partial charge >= 0.3 is 0 Å². The molecule has 3 rings (SSSR count). The summed E-state index contributed by atoms with van der Waals surface area (Å²) in [5.41, 5.74) is 1.28. The van der Waals surface area contributed by atoms with Crippen LogP contribution in [-0.4, -0.2) is 32.8 Å². The van der Waals surface area contributed by atoms with Gasteiger partial charge in [-0.05, 0) is 39.2 Å². The molecule has 2 fully saturated rings. The number of Topliss-reactive ketones (excluding diaryl/α,β-unsaturated/α-hetero) is 1. The molecule has 4 heteroatoms. The van der Waals surface area contributed by atoms with Crippen LogP contribution >= 0.6 is 0 Å². The molecule has 1 aliphatic heterocycles. The Morgan fingerprint density at radius 3 is 2.95 bits per heavy atom. The van der Waals surface area contributed by atoms with Crippen LogP contribution in [-0.2, 0) is 17.9 Å². The number of hydrogen-bond donors (Lipinski definition) is 0. The second-order valence-electron chi connectivity index (χ2n) is 6.17. The van der Waals surface area contributed by atoms with Crippen LogP contribution < -0.4 is 0 Å². The molecule has 110 valence electrons. The third kappa shape index (κ3) is 2.66. The third-order valence-corrected chi connectivity index (χ3v) is 4.98. The maximum atomic E-state index is 12.1. The Hall–Kier alpha value is -1.16. The monoisotopic (exact) mass is 275 g/mol. The minimum Gasteiger partial charge on any atom is -0.334 e. The van der Waals surface area contributed by atoms with E-state index >= 15 is 0 Å². The number of ketones is 1. The molecule has 0 amide bonds. The van der Waals surface area contributed by atoms with E-state index in [9.17, 15) is 4.79 Å². The van der Waals surface area contributed by atoms with Gasteiger partial charge in [0.2, 0.25) is 0 Å². The first-order valence-electron chi connectivity index (χ1n) is 8.05. The topological polar surface area (TPSA) is 38.1 Å². The first kappa shape index (κ1) is 13.8. The van der Waals surface area contributed by atoms with E-state index in [0.717, 1.165) is 38.9 Å². The van der Waals surface area contributed by atoms with Crippen molar-refractivity contribution in [2.24, 2.45) is 5.92 Å². The average molecular weight is 275 g/mol. The fourth-order valence-corrected chi connectivity index (χ4v) is 3.89. The summed E-state index contributed by atoms with van der Waals surface area (Å²) in [6.07, 6.45) is 10.6. The highest BCUT2D eigenvalue weighted by Gasteiger charge is 2.36. The Kier molecular flexibility index (Phi) is 4.20. The van der Waals surface area contributed by atoms with Gasteiger partial charge in [0.1, 0.15) is 5.78 Å². The van der Waals surface area contributed by atoms with Crippen LogP contribution in [0.1, 0.15) is 51.1 Å². The van der Waals surface area contributed by atoms with Gasteiger partial charge in [0.15, 0.2) is 0 Å². The lowest BCUT2D eigenvalue weighted by Gasteiger charge is -2.38. The zero-order valence-corrected chi connectivity index (χ0v) is 12.4. The minimum atomic E-state index is 0.299. The van der Waals surface area contributed by atoms with Gasteiger partial charge < -0.3 is 4.57 Å². The molecule has 2 heterocycles. The number of carbonyl (C=O) groups is 1. The number of piperidine rings is 1. The normalized spacial score (nSPS) is 28.1. The molecule has 0 spiro atoms. The van der Waals surface area contributed by atoms with Crippen LogP contribution in [0.5, 0.6) is 0 Å². The van der Waals surface area contributed by atoms with E-state index in [2.05, 4.69) is 21.4 Å². The SMILES string of the molecule is CCn1cncc1CN1CCCCC1C1CCCC1=O. The molecule has 1 aromatic heterocycles. The van der Waals surface area contributed by atoms with E-state index in [0.29, 0.717) is 17.7 Å². The van der Waals surface area contributed by atoms with Gasteiger partial charge in [0.05, 0.1) is 12.0 Å². The van der Waals surface area contributed by atoms with Crippen LogP contribution in [0.2, 0.25) is 0 Å². The van der Waals surface area contributed by atoms with E-state index < -0.39 is 0 Å². The first-order chi connectivity index (χ1) is 9.79. The molecule has 4 nitrogen and oxygen atoms in total. The number of aromatic nitrogens is 2. The Bertz CT molecular complexity index is 468. The lowest BCUT2D eigenvalue weighted by atomic mass is 9.88. The molecule has 1 aliphatic carbocycles. The molecule has 2 unspecified atom stereocenters. The molecule has 0 bridgehead atoms. The van der Waals surface area contributed by atoms with Gasteiger partial charge in [-0.1, -0.05) is 6.42 Å². The Morgan fingerprint density at radius 1 is 1.30 bits per heavy atom. The molecule has 0 aromatic carbocycles. The van der Waals surface area contributed by atoms with Crippen LogP contribution in [0, 0.1) is 5.92 Å². The fourth-order valence-electron chi connectivity index (χ4n) is 3.89. The summed E-state index contributed by atoms with van der Waals surface area (Å²) in [6, 6.07) is 0.471. The number of carbonyl (C=O) groups excluding carboxylic acids is 1. The quantitative estimate of drug-likeness (QED) is 0.848. The standard InChI is InChI=1S/C16H25N3O/c1-2-18-12-17-10-13(18)11-19-9-4-3-7-15(19)14-6-5-8-16(14)20/h10,12,14-15H,2-9,11H2,1H3. The predicted octanol–water partition coefficient (Wildman–Crippen LogP) is 2.63. The number of rotatable bonds is 4. The van der Waals surface area contributed by atoms with Crippen LogP contribution in [0.3, 0.4) is 0 Å². The van der Waals surface area contributed by atoms with Crippen molar-refractivity contribution in [1.82, 2.24) is 14.5 Å². The van der Waals surface area contributed by atoms with Crippen molar-refractivity contribution >= 4 is 5.78 Å². The molecule has 20 heavy (non-hydrogen) atoms. The molecular formula is C16H25N3O. The summed E-state index contributed by atoms with van der Waals surface area (Å²) < 4.78 is 2.21. The van der Waals surface area contributed by atoms with Gasteiger partial charge in [0.25, 0.3) is 0 Å². The summed E-state index contributed by atoms with van der Waals surface area (Å²) in [5, 5.41) is 0. The number of hydrogen-bond acceptors (Lipinski definition) is 3. The number of aryl methyl sites for hydroxylation is 1. The van der Waals surface area contributed by atoms with Crippen molar-refractivity contribution in [3.63, 3.8) is 0 Å². The summed E-state index contributed by atoms with van der Waals surface area (Å²) in [5.74, 6) is 0.805. The average Bonchev–Trinajstić information content (AvgIpc) is 3.08. The highest BCUT2D eigenvalue weighted by molar-refractivity contribution is 5.83. The number of likely N-dealkylation sites (tertiary alicyclic amines) is 1. The van der Waals surface area contributed by atoms with Gasteiger partial charge in [-0.2, -0.15) is 0 Å². The Balaban J connectivity index is 1.73. The molecule has 1 saturated heterocycles. The largest absolute Gasteiger partial charge is 0.334 e. The van der Waals surface area contributed by atoms with Crippen molar-refractivity contribution in [1.29, 1.82) is 0 Å². The summed E-state index contributed by atoms with van der Waals surface area (Å²) in [7, 11) is 0. The van der Waals surface area contributed by atoms with Crippen molar-refractivity contribution < 1.29 is 4.79 Å². The van der Waals surface area contributed by atoms with E-state index in [-0.39, 0.29) is 0 Å². The second-order valence-corrected chi connectivity index (χ2v) is 6.17. The summed E-state index contributed by atoms with van der Waals surface area (Å²) in [4.78, 5) is 18.9. The predicted molar refractivity (Wildman–Crippen MR) is 78.3 cm³/mol. The van der Waals surface area contributed by atoms with Crippen molar-refractivity contribution in [2.75, 3.05) is 6.54 Å². The van der Waals surface area contributed by atoms with Gasteiger partial charge in [-0.15, -0.1) is 0 Å². The van der Waals surface area contributed by atoms with Crippen molar-refractivity contribution in [3.8, 4) is 0 Å². The molecule has 1 aromatic rings. The zero-order chi connectivity index (χ0) is 13.9. The van der Waals surface area contributed by atoms with Crippen LogP contribution in [0.25, 0.3) is 0 Å². The molecule has 0 N–H and O–H groups in total. The highest BCUT2D eigenvalue weighted by atomic mass is 16.1. The maximum Gasteiger partial charge on any atom is 0.137 e. The van der Waals surface area contributed by atoms with Gasteiger partial charge in [-0.25, -0.2) is 4.98 Å². The first-order valence-corrected chi connectivity index (χ1v) is 8.05. The van der Waals surface area contributed by atoms with E-state index in [4.69, 9.17) is 0 Å². The maximum absolute atomic E-state index is 12.1. The highest BCUT2D eigenvalue weighted by Crippen LogP contribution is 2.33. The van der Waals surface area contributed by atoms with Gasteiger partial charge in [-0.3, -0.25) is 9.69 Å². The number of nitrogens with zero attached hydrogens (tertiary/aromatic N) is 3. The minimum absolute atomic E-state index is 0.299. The lowest BCUT2D eigenvalue weighted by Crippen LogP contribution is -2.45. The second kappa shape index (κ2) is 6.08. The third-order valence-electron chi connectivity index (χ3n) is 4.98. The van der Waals surface area contributed by atoms with E-state index in [1.54, 1.807) is 0 Å². The number of imidazole rings is 1. The fraction of sp³-hybridized carbons (Fsp3) is 0.750. The Labute approximate surface area is 121 Å². The van der Waals surface area contributed by atoms with Crippen molar-refractivity contribution in [2.45, 2.75) is 64.6 Å².